The standard InChI is InChI=1S/C11H15N3O6/c15-12(16)11(13(17)18,14(19)20)10-4-7-1-8(5-10)3-9(2-7)6-10/h7-9H,1-6H2. The van der Waals surface area contributed by atoms with E-state index in [0.29, 0.717) is 0 Å². The van der Waals surface area contributed by atoms with Crippen molar-refractivity contribution in [2.24, 2.45) is 23.2 Å². The van der Waals surface area contributed by atoms with E-state index in [1.165, 1.54) is 0 Å². The van der Waals surface area contributed by atoms with Gasteiger partial charge in [-0.3, -0.25) is 30.3 Å². The smallest absolute Gasteiger partial charge is 0.253 e. The Bertz CT molecular complexity index is 433. The van der Waals surface area contributed by atoms with E-state index in [2.05, 4.69) is 0 Å². The van der Waals surface area contributed by atoms with Crippen LogP contribution in [0.2, 0.25) is 0 Å². The van der Waals surface area contributed by atoms with Crippen LogP contribution in [-0.2, 0) is 0 Å². The molecular weight excluding hydrogens is 270 g/mol. The van der Waals surface area contributed by atoms with Gasteiger partial charge in [0.1, 0.15) is 0 Å². The molecule has 0 aromatic carbocycles. The van der Waals surface area contributed by atoms with Crippen LogP contribution in [-0.4, -0.2) is 20.6 Å². The molecule has 4 aliphatic rings. The molecule has 20 heavy (non-hydrogen) atoms. The van der Waals surface area contributed by atoms with E-state index in [-0.39, 0.29) is 37.0 Å². The summed E-state index contributed by atoms with van der Waals surface area (Å²) in [6, 6.07) is 0. The van der Waals surface area contributed by atoms with Gasteiger partial charge < -0.3 is 0 Å². The Balaban J connectivity index is 2.14. The van der Waals surface area contributed by atoms with Gasteiger partial charge in [-0.1, -0.05) is 0 Å². The fourth-order valence-corrected chi connectivity index (χ4v) is 5.30. The third-order valence-corrected chi connectivity index (χ3v) is 5.51. The van der Waals surface area contributed by atoms with Crippen molar-refractivity contribution in [2.45, 2.75) is 44.3 Å². The minimum absolute atomic E-state index is 0.167. The maximum atomic E-state index is 11.3. The highest BCUT2D eigenvalue weighted by Gasteiger charge is 2.86. The molecule has 0 amide bonds. The molecule has 4 rings (SSSR count). The van der Waals surface area contributed by atoms with Crippen LogP contribution in [0.1, 0.15) is 38.5 Å². The predicted octanol–water partition coefficient (Wildman–Crippen LogP) is 1.69. The lowest BCUT2D eigenvalue weighted by Gasteiger charge is -2.53. The average Bonchev–Trinajstić information content (AvgIpc) is 2.24. The van der Waals surface area contributed by atoms with E-state index < -0.39 is 26.0 Å². The SMILES string of the molecule is O=[N+]([O-])C([N+](=O)[O-])([N+](=O)[O-])C12CC3CC(CC(C3)C1)C2. The van der Waals surface area contributed by atoms with Gasteiger partial charge in [-0.05, 0) is 56.3 Å². The van der Waals surface area contributed by atoms with Crippen LogP contribution in [0.15, 0.2) is 0 Å². The van der Waals surface area contributed by atoms with E-state index in [1.54, 1.807) is 0 Å². The fraction of sp³-hybridized carbons (Fsp3) is 1.00. The molecule has 4 bridgehead atoms. The quantitative estimate of drug-likeness (QED) is 0.439. The summed E-state index contributed by atoms with van der Waals surface area (Å²) in [7, 11) is 0. The van der Waals surface area contributed by atoms with Crippen LogP contribution in [0.5, 0.6) is 0 Å². The third kappa shape index (κ3) is 1.37. The second kappa shape index (κ2) is 3.86. The molecule has 0 atom stereocenters. The topological polar surface area (TPSA) is 129 Å². The Morgan fingerprint density at radius 3 is 1.30 bits per heavy atom. The maximum Gasteiger partial charge on any atom is 0.705 e. The molecule has 9 heteroatoms. The van der Waals surface area contributed by atoms with Crippen LogP contribution in [0.3, 0.4) is 0 Å². The molecule has 110 valence electrons. The van der Waals surface area contributed by atoms with Gasteiger partial charge in [0.2, 0.25) is 0 Å². The molecule has 0 heterocycles. The summed E-state index contributed by atoms with van der Waals surface area (Å²) >= 11 is 0. The molecule has 0 spiro atoms. The molecule has 0 unspecified atom stereocenters. The zero-order valence-electron chi connectivity index (χ0n) is 10.8. The van der Waals surface area contributed by atoms with Gasteiger partial charge in [0.05, 0.1) is 0 Å². The molecule has 0 N–H and O–H groups in total. The third-order valence-electron chi connectivity index (χ3n) is 5.51. The molecular formula is C11H15N3O6. The molecule has 0 radical (unpaired) electrons. The molecule has 0 aromatic heterocycles. The highest BCUT2D eigenvalue weighted by atomic mass is 16.7. The van der Waals surface area contributed by atoms with Gasteiger partial charge in [0.25, 0.3) is 0 Å². The zero-order valence-corrected chi connectivity index (χ0v) is 10.8. The fourth-order valence-electron chi connectivity index (χ4n) is 5.30. The number of rotatable bonds is 4. The first kappa shape index (κ1) is 13.2. The van der Waals surface area contributed by atoms with Crippen molar-refractivity contribution < 1.29 is 14.8 Å². The van der Waals surface area contributed by atoms with Crippen molar-refractivity contribution in [3.63, 3.8) is 0 Å². The summed E-state index contributed by atoms with van der Waals surface area (Å²) in [5, 5.41) is 34.0. The summed E-state index contributed by atoms with van der Waals surface area (Å²) in [5.41, 5.74) is -1.42. The monoisotopic (exact) mass is 285 g/mol. The van der Waals surface area contributed by atoms with Gasteiger partial charge in [0, 0.05) is 0 Å². The Morgan fingerprint density at radius 2 is 1.05 bits per heavy atom. The van der Waals surface area contributed by atoms with E-state index in [9.17, 15) is 30.3 Å². The number of nitrogens with zero attached hydrogens (tertiary/aromatic N) is 3. The molecule has 4 aliphatic carbocycles. The van der Waals surface area contributed by atoms with Crippen molar-refractivity contribution in [1.82, 2.24) is 0 Å². The molecule has 0 aliphatic heterocycles. The minimum atomic E-state index is -3.27. The van der Waals surface area contributed by atoms with Crippen molar-refractivity contribution in [1.29, 1.82) is 0 Å². The van der Waals surface area contributed by atoms with Gasteiger partial charge in [-0.2, -0.15) is 0 Å². The first-order valence-electron chi connectivity index (χ1n) is 6.75. The number of hydrogen-bond acceptors (Lipinski definition) is 6. The Morgan fingerprint density at radius 1 is 0.750 bits per heavy atom. The van der Waals surface area contributed by atoms with Crippen LogP contribution in [0.4, 0.5) is 0 Å². The van der Waals surface area contributed by atoms with Crippen LogP contribution in [0, 0.1) is 53.5 Å². The highest BCUT2D eigenvalue weighted by Crippen LogP contribution is 2.64. The summed E-state index contributed by atoms with van der Waals surface area (Å²) in [6.07, 6.45) is 3.43. The minimum Gasteiger partial charge on any atom is -0.253 e. The zero-order chi connectivity index (χ0) is 14.7. The average molecular weight is 285 g/mol. The largest absolute Gasteiger partial charge is 0.705 e. The second-order valence-corrected chi connectivity index (χ2v) is 6.60. The first-order valence-corrected chi connectivity index (χ1v) is 6.75. The molecule has 9 nitrogen and oxygen atoms in total. The Labute approximate surface area is 113 Å². The molecule has 0 aromatic rings. The predicted molar refractivity (Wildman–Crippen MR) is 64.3 cm³/mol. The van der Waals surface area contributed by atoms with E-state index >= 15 is 0 Å². The summed E-state index contributed by atoms with van der Waals surface area (Å²) in [4.78, 5) is 30.2. The van der Waals surface area contributed by atoms with Gasteiger partial charge >= 0.3 is 5.79 Å². The van der Waals surface area contributed by atoms with Gasteiger partial charge in [-0.15, -0.1) is 0 Å². The van der Waals surface area contributed by atoms with Crippen molar-refractivity contribution >= 4 is 0 Å². The van der Waals surface area contributed by atoms with Crippen molar-refractivity contribution in [2.75, 3.05) is 0 Å². The first-order chi connectivity index (χ1) is 9.32. The van der Waals surface area contributed by atoms with Crippen molar-refractivity contribution in [3.8, 4) is 0 Å². The Kier molecular flexibility index (Phi) is 2.55. The summed E-state index contributed by atoms with van der Waals surface area (Å²) in [5.74, 6) is -2.77. The second-order valence-electron chi connectivity index (χ2n) is 6.60. The highest BCUT2D eigenvalue weighted by molar-refractivity contribution is 5.04. The van der Waals surface area contributed by atoms with Crippen LogP contribution < -0.4 is 0 Å². The van der Waals surface area contributed by atoms with E-state index in [0.717, 1.165) is 19.3 Å². The van der Waals surface area contributed by atoms with Crippen molar-refractivity contribution in [3.05, 3.63) is 30.3 Å². The maximum absolute atomic E-state index is 11.3. The normalized spacial score (nSPS) is 38.7. The van der Waals surface area contributed by atoms with Crippen LogP contribution >= 0.6 is 0 Å². The van der Waals surface area contributed by atoms with E-state index in [1.807, 2.05) is 0 Å². The number of hydrogen-bond donors (Lipinski definition) is 0. The summed E-state index contributed by atoms with van der Waals surface area (Å²) < 4.78 is 0. The lowest BCUT2D eigenvalue weighted by atomic mass is 9.47. The van der Waals surface area contributed by atoms with Gasteiger partial charge in [-0.25, -0.2) is 0 Å². The van der Waals surface area contributed by atoms with E-state index in [4.69, 9.17) is 0 Å². The Hall–Kier alpha value is -1.80. The lowest BCUT2D eigenvalue weighted by Crippen LogP contribution is -2.69. The lowest BCUT2D eigenvalue weighted by molar-refractivity contribution is -0.989. The number of nitro groups is 3. The molecule has 4 fully saturated rings. The summed E-state index contributed by atoms with van der Waals surface area (Å²) in [6.45, 7) is 0. The molecule has 4 saturated carbocycles. The molecule has 0 saturated heterocycles. The van der Waals surface area contributed by atoms with Crippen LogP contribution in [0.25, 0.3) is 0 Å². The van der Waals surface area contributed by atoms with Gasteiger partial charge in [0.15, 0.2) is 20.2 Å².